The van der Waals surface area contributed by atoms with E-state index in [4.69, 9.17) is 0 Å². The quantitative estimate of drug-likeness (QED) is 0.705. The fourth-order valence-electron chi connectivity index (χ4n) is 2.97. The molecular formula is C11H22N2. The second kappa shape index (κ2) is 3.97. The molecule has 2 fully saturated rings. The molecule has 2 bridgehead atoms. The Kier molecular flexibility index (Phi) is 2.89. The van der Waals surface area contributed by atoms with Crippen molar-refractivity contribution >= 4 is 0 Å². The second-order valence-electron chi connectivity index (χ2n) is 5.04. The third-order valence-electron chi connectivity index (χ3n) is 3.70. The molecule has 0 aromatic carbocycles. The van der Waals surface area contributed by atoms with Crippen molar-refractivity contribution in [1.29, 1.82) is 0 Å². The van der Waals surface area contributed by atoms with Crippen molar-refractivity contribution in [3.8, 4) is 0 Å². The van der Waals surface area contributed by atoms with Gasteiger partial charge in [-0.3, -0.25) is 0 Å². The predicted molar refractivity (Wildman–Crippen MR) is 55.8 cm³/mol. The van der Waals surface area contributed by atoms with Crippen LogP contribution in [0.3, 0.4) is 0 Å². The summed E-state index contributed by atoms with van der Waals surface area (Å²) in [6.45, 7) is 2.34. The molecule has 3 unspecified atom stereocenters. The van der Waals surface area contributed by atoms with E-state index in [9.17, 15) is 0 Å². The molecule has 2 aliphatic rings. The van der Waals surface area contributed by atoms with Gasteiger partial charge in [-0.2, -0.15) is 0 Å². The average molecular weight is 182 g/mol. The largest absolute Gasteiger partial charge is 0.312 e. The van der Waals surface area contributed by atoms with Gasteiger partial charge in [0.25, 0.3) is 0 Å². The minimum absolute atomic E-state index is 0.860. The van der Waals surface area contributed by atoms with E-state index in [-0.39, 0.29) is 0 Å². The molecule has 3 atom stereocenters. The average Bonchev–Trinajstić information content (AvgIpc) is 2.64. The van der Waals surface area contributed by atoms with Gasteiger partial charge in [-0.25, -0.2) is 0 Å². The number of hydrogen-bond acceptors (Lipinski definition) is 2. The molecule has 0 radical (unpaired) electrons. The summed E-state index contributed by atoms with van der Waals surface area (Å²) in [5.74, 6) is 2.09. The van der Waals surface area contributed by atoms with Crippen molar-refractivity contribution in [3.63, 3.8) is 0 Å². The van der Waals surface area contributed by atoms with Crippen molar-refractivity contribution < 1.29 is 0 Å². The molecular weight excluding hydrogens is 160 g/mol. The molecule has 2 rings (SSSR count). The summed E-state index contributed by atoms with van der Waals surface area (Å²) in [4.78, 5) is 2.25. The first-order valence-electron chi connectivity index (χ1n) is 5.64. The number of nitrogens with zero attached hydrogens (tertiary/aromatic N) is 1. The lowest BCUT2D eigenvalue weighted by Gasteiger charge is -2.23. The molecule has 0 aliphatic heterocycles. The second-order valence-corrected chi connectivity index (χ2v) is 5.04. The summed E-state index contributed by atoms with van der Waals surface area (Å²) in [5, 5.41) is 3.70. The Hall–Kier alpha value is -0.0800. The van der Waals surface area contributed by atoms with E-state index < -0.39 is 0 Å². The summed E-state index contributed by atoms with van der Waals surface area (Å²) in [5.41, 5.74) is 0. The Balaban J connectivity index is 1.66. The summed E-state index contributed by atoms with van der Waals surface area (Å²) in [7, 11) is 4.28. The maximum Gasteiger partial charge on any atom is 0.0101 e. The van der Waals surface area contributed by atoms with Gasteiger partial charge in [-0.05, 0) is 45.2 Å². The van der Waals surface area contributed by atoms with E-state index in [2.05, 4.69) is 24.3 Å². The molecule has 1 N–H and O–H groups in total. The fourth-order valence-corrected chi connectivity index (χ4v) is 2.97. The molecule has 2 aliphatic carbocycles. The van der Waals surface area contributed by atoms with Crippen LogP contribution in [0.2, 0.25) is 0 Å². The number of rotatable bonds is 4. The van der Waals surface area contributed by atoms with E-state index in [1.54, 1.807) is 0 Å². The zero-order valence-electron chi connectivity index (χ0n) is 8.92. The van der Waals surface area contributed by atoms with Crippen molar-refractivity contribution in [2.45, 2.75) is 31.7 Å². The summed E-state index contributed by atoms with van der Waals surface area (Å²) >= 11 is 0. The van der Waals surface area contributed by atoms with Crippen molar-refractivity contribution in [1.82, 2.24) is 10.2 Å². The van der Waals surface area contributed by atoms with Gasteiger partial charge >= 0.3 is 0 Å². The van der Waals surface area contributed by atoms with Crippen LogP contribution in [0.5, 0.6) is 0 Å². The topological polar surface area (TPSA) is 15.3 Å². The normalized spacial score (nSPS) is 37.6. The number of fused-ring (bicyclic) bond motifs is 2. The minimum atomic E-state index is 0.860. The minimum Gasteiger partial charge on any atom is -0.312 e. The third kappa shape index (κ3) is 2.23. The Morgan fingerprint density at radius 2 is 2.08 bits per heavy atom. The summed E-state index contributed by atoms with van der Waals surface area (Å²) in [6, 6.07) is 0.860. The molecule has 0 amide bonds. The Morgan fingerprint density at radius 1 is 1.23 bits per heavy atom. The van der Waals surface area contributed by atoms with Crippen LogP contribution in [0.15, 0.2) is 0 Å². The van der Waals surface area contributed by atoms with Crippen molar-refractivity contribution in [3.05, 3.63) is 0 Å². The van der Waals surface area contributed by atoms with E-state index in [0.29, 0.717) is 0 Å². The highest BCUT2D eigenvalue weighted by Crippen LogP contribution is 2.44. The maximum absolute atomic E-state index is 3.70. The van der Waals surface area contributed by atoms with Gasteiger partial charge in [-0.15, -0.1) is 0 Å². The van der Waals surface area contributed by atoms with Crippen LogP contribution in [-0.2, 0) is 0 Å². The van der Waals surface area contributed by atoms with Crippen LogP contribution in [0.25, 0.3) is 0 Å². The molecule has 2 heteroatoms. The van der Waals surface area contributed by atoms with Crippen LogP contribution < -0.4 is 5.32 Å². The van der Waals surface area contributed by atoms with Crippen LogP contribution in [0.1, 0.15) is 25.7 Å². The molecule has 0 aromatic heterocycles. The monoisotopic (exact) mass is 182 g/mol. The fraction of sp³-hybridized carbons (Fsp3) is 1.00. The van der Waals surface area contributed by atoms with Gasteiger partial charge < -0.3 is 10.2 Å². The molecule has 2 saturated carbocycles. The molecule has 0 spiro atoms. The Bertz CT molecular complexity index is 167. The highest BCUT2D eigenvalue weighted by molar-refractivity contribution is 4.93. The van der Waals surface area contributed by atoms with Crippen LogP contribution >= 0.6 is 0 Å². The van der Waals surface area contributed by atoms with E-state index in [1.807, 2.05) is 0 Å². The molecule has 0 aromatic rings. The highest BCUT2D eigenvalue weighted by Gasteiger charge is 2.38. The van der Waals surface area contributed by atoms with Crippen molar-refractivity contribution in [2.75, 3.05) is 27.2 Å². The van der Waals surface area contributed by atoms with E-state index in [1.165, 1.54) is 38.8 Å². The lowest BCUT2D eigenvalue weighted by atomic mass is 9.95. The molecule has 0 heterocycles. The standard InChI is InChI=1S/C11H22N2/c1-13(2)6-5-12-11-8-9-3-4-10(11)7-9/h9-12H,3-8H2,1-2H3. The van der Waals surface area contributed by atoms with Crippen molar-refractivity contribution in [2.24, 2.45) is 11.8 Å². The third-order valence-corrected chi connectivity index (χ3v) is 3.70. The van der Waals surface area contributed by atoms with Crippen LogP contribution in [-0.4, -0.2) is 38.1 Å². The number of likely N-dealkylation sites (N-methyl/N-ethyl adjacent to an activating group) is 1. The summed E-state index contributed by atoms with van der Waals surface area (Å²) < 4.78 is 0. The SMILES string of the molecule is CN(C)CCNC1CC2CCC1C2. The van der Waals surface area contributed by atoms with Crippen LogP contribution in [0, 0.1) is 11.8 Å². The maximum atomic E-state index is 3.70. The van der Waals surface area contributed by atoms with Gasteiger partial charge in [0.15, 0.2) is 0 Å². The zero-order chi connectivity index (χ0) is 9.26. The molecule has 13 heavy (non-hydrogen) atoms. The van der Waals surface area contributed by atoms with Gasteiger partial charge in [0, 0.05) is 19.1 Å². The van der Waals surface area contributed by atoms with Gasteiger partial charge in [-0.1, -0.05) is 6.42 Å². The van der Waals surface area contributed by atoms with Gasteiger partial charge in [0.2, 0.25) is 0 Å². The van der Waals surface area contributed by atoms with E-state index in [0.717, 1.165) is 17.9 Å². The van der Waals surface area contributed by atoms with Gasteiger partial charge in [0.1, 0.15) is 0 Å². The Morgan fingerprint density at radius 3 is 2.62 bits per heavy atom. The number of hydrogen-bond donors (Lipinski definition) is 1. The predicted octanol–water partition coefficient (Wildman–Crippen LogP) is 1.33. The smallest absolute Gasteiger partial charge is 0.0101 e. The van der Waals surface area contributed by atoms with Crippen LogP contribution in [0.4, 0.5) is 0 Å². The Labute approximate surface area is 81.7 Å². The lowest BCUT2D eigenvalue weighted by Crippen LogP contribution is -2.38. The molecule has 76 valence electrons. The summed E-state index contributed by atoms with van der Waals surface area (Å²) in [6.07, 6.45) is 5.97. The highest BCUT2D eigenvalue weighted by atomic mass is 15.1. The molecule has 0 saturated heterocycles. The first-order valence-corrected chi connectivity index (χ1v) is 5.64. The number of nitrogens with one attached hydrogen (secondary N) is 1. The zero-order valence-corrected chi connectivity index (χ0v) is 8.92. The van der Waals surface area contributed by atoms with E-state index >= 15 is 0 Å². The lowest BCUT2D eigenvalue weighted by molar-refractivity contribution is 0.325. The first kappa shape index (κ1) is 9.47. The molecule has 2 nitrogen and oxygen atoms in total. The van der Waals surface area contributed by atoms with Gasteiger partial charge in [0.05, 0.1) is 0 Å². The first-order chi connectivity index (χ1) is 6.25.